The minimum atomic E-state index is -0.981. The van der Waals surface area contributed by atoms with Gasteiger partial charge in [0.05, 0.1) is 6.42 Å². The molecule has 2 heterocycles. The molecule has 0 amide bonds. The van der Waals surface area contributed by atoms with E-state index in [1.807, 2.05) is 18.2 Å². The highest BCUT2D eigenvalue weighted by Crippen LogP contribution is 2.12. The van der Waals surface area contributed by atoms with Crippen LogP contribution < -0.4 is 0 Å². The number of carboxylic acid groups (broad SMARTS) is 1. The van der Waals surface area contributed by atoms with E-state index in [1.165, 1.54) is 11.6 Å². The molecule has 0 bridgehead atoms. The molecular weight excluding hydrogens is 302 g/mol. The Bertz CT molecular complexity index is 571. The van der Waals surface area contributed by atoms with Crippen LogP contribution in [0.15, 0.2) is 22.8 Å². The quantitative estimate of drug-likeness (QED) is 0.849. The Kier molecular flexibility index (Phi) is 3.66. The predicted octanol–water partition coefficient (Wildman–Crippen LogP) is 1.07. The van der Waals surface area contributed by atoms with E-state index in [4.69, 9.17) is 5.11 Å². The molecular formula is C10H10BrN5O2. The zero-order chi connectivity index (χ0) is 13.1. The molecule has 1 atom stereocenters. The lowest BCUT2D eigenvalue weighted by Gasteiger charge is -2.08. The van der Waals surface area contributed by atoms with Gasteiger partial charge in [0.25, 0.3) is 0 Å². The van der Waals surface area contributed by atoms with Gasteiger partial charge in [0, 0.05) is 5.69 Å². The molecule has 2 aromatic heterocycles. The van der Waals surface area contributed by atoms with Crippen LogP contribution in [-0.2, 0) is 11.2 Å². The Labute approximate surface area is 111 Å². The van der Waals surface area contributed by atoms with Gasteiger partial charge < -0.3 is 5.11 Å². The molecule has 7 nitrogen and oxygen atoms in total. The summed E-state index contributed by atoms with van der Waals surface area (Å²) >= 11 is 3.27. The van der Waals surface area contributed by atoms with Gasteiger partial charge in [-0.15, -0.1) is 5.10 Å². The Morgan fingerprint density at radius 2 is 2.33 bits per heavy atom. The number of pyridine rings is 1. The second kappa shape index (κ2) is 5.21. The van der Waals surface area contributed by atoms with Gasteiger partial charge in [-0.05, 0) is 45.4 Å². The Balaban J connectivity index is 2.25. The number of hydrogen-bond acceptors (Lipinski definition) is 5. The van der Waals surface area contributed by atoms with Crippen LogP contribution in [0, 0.1) is 0 Å². The highest BCUT2D eigenvalue weighted by Gasteiger charge is 2.19. The van der Waals surface area contributed by atoms with Crippen LogP contribution in [0.4, 0.5) is 0 Å². The third kappa shape index (κ3) is 2.70. The topological polar surface area (TPSA) is 93.8 Å². The first-order valence-corrected chi connectivity index (χ1v) is 5.98. The van der Waals surface area contributed by atoms with Gasteiger partial charge in [-0.2, -0.15) is 0 Å². The van der Waals surface area contributed by atoms with Crippen molar-refractivity contribution in [3.8, 4) is 0 Å². The van der Waals surface area contributed by atoms with Crippen LogP contribution in [0.1, 0.15) is 24.5 Å². The highest BCUT2D eigenvalue weighted by atomic mass is 79.9. The summed E-state index contributed by atoms with van der Waals surface area (Å²) in [5, 5.41) is 20.0. The van der Waals surface area contributed by atoms with E-state index in [1.54, 1.807) is 0 Å². The van der Waals surface area contributed by atoms with Gasteiger partial charge in [-0.25, -0.2) is 14.5 Å². The van der Waals surface area contributed by atoms with E-state index in [2.05, 4.69) is 36.4 Å². The second-order valence-electron chi connectivity index (χ2n) is 3.68. The summed E-state index contributed by atoms with van der Waals surface area (Å²) in [5.41, 5.74) is 0.762. The van der Waals surface area contributed by atoms with E-state index < -0.39 is 12.0 Å². The number of carbonyl (C=O) groups is 1. The first kappa shape index (κ1) is 12.6. The monoisotopic (exact) mass is 311 g/mol. The number of aliphatic carboxylic acids is 1. The minimum Gasteiger partial charge on any atom is -0.480 e. The lowest BCUT2D eigenvalue weighted by atomic mass is 10.2. The van der Waals surface area contributed by atoms with Crippen molar-refractivity contribution < 1.29 is 9.90 Å². The normalized spacial score (nSPS) is 12.3. The van der Waals surface area contributed by atoms with E-state index in [0.717, 1.165) is 5.69 Å². The molecule has 0 aliphatic carbocycles. The molecule has 0 radical (unpaired) electrons. The molecule has 94 valence electrons. The Hall–Kier alpha value is -1.83. The first-order chi connectivity index (χ1) is 8.58. The number of nitrogens with zero attached hydrogens (tertiary/aromatic N) is 5. The third-order valence-corrected chi connectivity index (χ3v) is 2.84. The van der Waals surface area contributed by atoms with Crippen LogP contribution in [0.2, 0.25) is 0 Å². The maximum Gasteiger partial charge on any atom is 0.328 e. The van der Waals surface area contributed by atoms with Crippen molar-refractivity contribution in [2.24, 2.45) is 0 Å². The van der Waals surface area contributed by atoms with Crippen LogP contribution in [0.25, 0.3) is 0 Å². The maximum absolute atomic E-state index is 10.9. The van der Waals surface area contributed by atoms with Crippen LogP contribution in [-0.4, -0.2) is 36.3 Å². The summed E-state index contributed by atoms with van der Waals surface area (Å²) in [6.07, 6.45) is 0.379. The fourth-order valence-corrected chi connectivity index (χ4v) is 1.83. The van der Waals surface area contributed by atoms with Gasteiger partial charge in [-0.3, -0.25) is 0 Å². The van der Waals surface area contributed by atoms with E-state index in [9.17, 15) is 4.79 Å². The molecule has 1 N–H and O–H groups in total. The SMILES string of the molecule is CC(C(=O)O)n1nnnc1Cc1cccc(Br)n1. The van der Waals surface area contributed by atoms with Crippen molar-refractivity contribution in [2.75, 3.05) is 0 Å². The Morgan fingerprint density at radius 3 is 3.00 bits per heavy atom. The fourth-order valence-electron chi connectivity index (χ4n) is 1.44. The number of halogens is 1. The number of hydrogen-bond donors (Lipinski definition) is 1. The smallest absolute Gasteiger partial charge is 0.328 e. The molecule has 0 saturated carbocycles. The summed E-state index contributed by atoms with van der Waals surface area (Å²) in [6, 6.07) is 4.69. The first-order valence-electron chi connectivity index (χ1n) is 5.19. The van der Waals surface area contributed by atoms with Gasteiger partial charge >= 0.3 is 5.97 Å². The van der Waals surface area contributed by atoms with Crippen molar-refractivity contribution in [1.82, 2.24) is 25.2 Å². The summed E-state index contributed by atoms with van der Waals surface area (Å²) in [7, 11) is 0. The number of carboxylic acids is 1. The van der Waals surface area contributed by atoms with Gasteiger partial charge in [0.2, 0.25) is 0 Å². The lowest BCUT2D eigenvalue weighted by Crippen LogP contribution is -2.19. The third-order valence-electron chi connectivity index (χ3n) is 2.40. The second-order valence-corrected chi connectivity index (χ2v) is 4.49. The van der Waals surface area contributed by atoms with Crippen molar-refractivity contribution in [3.05, 3.63) is 34.3 Å². The predicted molar refractivity (Wildman–Crippen MR) is 64.9 cm³/mol. The highest BCUT2D eigenvalue weighted by molar-refractivity contribution is 9.10. The van der Waals surface area contributed by atoms with Crippen LogP contribution in [0.5, 0.6) is 0 Å². The zero-order valence-electron chi connectivity index (χ0n) is 9.49. The Morgan fingerprint density at radius 1 is 1.56 bits per heavy atom. The van der Waals surface area contributed by atoms with E-state index in [-0.39, 0.29) is 0 Å². The summed E-state index contributed by atoms with van der Waals surface area (Å²) in [4.78, 5) is 15.2. The van der Waals surface area contributed by atoms with E-state index >= 15 is 0 Å². The van der Waals surface area contributed by atoms with Crippen molar-refractivity contribution in [1.29, 1.82) is 0 Å². The molecule has 0 fully saturated rings. The zero-order valence-corrected chi connectivity index (χ0v) is 11.1. The fraction of sp³-hybridized carbons (Fsp3) is 0.300. The number of rotatable bonds is 4. The molecule has 2 aromatic rings. The molecule has 0 spiro atoms. The standard InChI is InChI=1S/C10H10BrN5O2/c1-6(10(17)18)16-9(13-14-15-16)5-7-3-2-4-8(11)12-7/h2-4,6H,5H2,1H3,(H,17,18). The number of tetrazole rings is 1. The average molecular weight is 312 g/mol. The van der Waals surface area contributed by atoms with Crippen molar-refractivity contribution in [2.45, 2.75) is 19.4 Å². The molecule has 1 unspecified atom stereocenters. The molecule has 2 rings (SSSR count). The molecule has 0 aliphatic heterocycles. The molecule has 8 heteroatoms. The summed E-state index contributed by atoms with van der Waals surface area (Å²) in [5.74, 6) is -0.513. The summed E-state index contributed by atoms with van der Waals surface area (Å²) in [6.45, 7) is 1.52. The summed E-state index contributed by atoms with van der Waals surface area (Å²) < 4.78 is 2.00. The van der Waals surface area contributed by atoms with Gasteiger partial charge in [0.15, 0.2) is 5.82 Å². The van der Waals surface area contributed by atoms with Gasteiger partial charge in [0.1, 0.15) is 10.6 Å². The average Bonchev–Trinajstić information content (AvgIpc) is 2.76. The number of aromatic nitrogens is 5. The minimum absolute atomic E-state index is 0.379. The molecule has 0 saturated heterocycles. The largest absolute Gasteiger partial charge is 0.480 e. The molecule has 0 aliphatic rings. The van der Waals surface area contributed by atoms with Gasteiger partial charge in [-0.1, -0.05) is 6.07 Å². The van der Waals surface area contributed by atoms with Crippen LogP contribution in [0.3, 0.4) is 0 Å². The lowest BCUT2D eigenvalue weighted by molar-refractivity contribution is -0.140. The molecule has 18 heavy (non-hydrogen) atoms. The van der Waals surface area contributed by atoms with E-state index in [0.29, 0.717) is 16.8 Å². The maximum atomic E-state index is 10.9. The van der Waals surface area contributed by atoms with Crippen LogP contribution >= 0.6 is 15.9 Å². The molecule has 0 aromatic carbocycles. The van der Waals surface area contributed by atoms with Crippen molar-refractivity contribution in [3.63, 3.8) is 0 Å². The van der Waals surface area contributed by atoms with Crippen molar-refractivity contribution >= 4 is 21.9 Å².